The summed E-state index contributed by atoms with van der Waals surface area (Å²) in [4.78, 5) is 0. The lowest BCUT2D eigenvalue weighted by Gasteiger charge is -2.05. The summed E-state index contributed by atoms with van der Waals surface area (Å²) in [5, 5.41) is 0. The van der Waals surface area contributed by atoms with Gasteiger partial charge in [0.2, 0.25) is 11.3 Å². The molecule has 2 N–H and O–H groups in total. The van der Waals surface area contributed by atoms with Crippen molar-refractivity contribution in [3.63, 3.8) is 0 Å². The van der Waals surface area contributed by atoms with Gasteiger partial charge in [0.15, 0.2) is 0 Å². The Balaban J connectivity index is 2.55. The molecule has 0 aliphatic carbocycles. The normalized spacial score (nSPS) is 12.8. The van der Waals surface area contributed by atoms with Crippen molar-refractivity contribution in [2.24, 2.45) is 0 Å². The highest BCUT2D eigenvalue weighted by atomic mass is 79.9. The molecule has 0 spiro atoms. The van der Waals surface area contributed by atoms with Crippen LogP contribution >= 0.6 is 15.9 Å². The van der Waals surface area contributed by atoms with Crippen LogP contribution < -0.4 is 4.72 Å². The van der Waals surface area contributed by atoms with Crippen molar-refractivity contribution in [2.75, 3.05) is 6.54 Å². The van der Waals surface area contributed by atoms with Gasteiger partial charge in [-0.05, 0) is 40.4 Å². The topological polar surface area (TPSA) is 49.3 Å². The van der Waals surface area contributed by atoms with Crippen LogP contribution in [0.5, 0.6) is 0 Å². The Morgan fingerprint density at radius 3 is 2.75 bits per heavy atom. The molecule has 1 aromatic carbocycles. The van der Waals surface area contributed by atoms with Gasteiger partial charge in [-0.1, -0.05) is 6.07 Å². The summed E-state index contributed by atoms with van der Waals surface area (Å²) < 4.78 is 47.1. The Morgan fingerprint density at radius 1 is 1.44 bits per heavy atom. The van der Waals surface area contributed by atoms with Crippen molar-refractivity contribution in [3.05, 3.63) is 33.8 Å². The minimum atomic E-state index is -2.05. The number of hydrogen-bond acceptors (Lipinski definition) is 1. The third-order valence-electron chi connectivity index (χ3n) is 1.96. The quantitative estimate of drug-likeness (QED) is 0.498. The van der Waals surface area contributed by atoms with Crippen LogP contribution in [0, 0.1) is 11.6 Å². The Kier molecular flexibility index (Phi) is 5.47. The summed E-state index contributed by atoms with van der Waals surface area (Å²) in [6, 6.07) is 2.55. The lowest BCUT2D eigenvalue weighted by Crippen LogP contribution is -2.17. The smallest absolute Gasteiger partial charge is 0.231 e. The number of benzene rings is 1. The van der Waals surface area contributed by atoms with Crippen molar-refractivity contribution in [2.45, 2.75) is 12.8 Å². The zero-order chi connectivity index (χ0) is 12.1. The fourth-order valence-electron chi connectivity index (χ4n) is 1.20. The SMILES string of the molecule is O=S(O)NCCCc1ccc(F)c(Br)c1F. The monoisotopic (exact) mass is 313 g/mol. The second-order valence-electron chi connectivity index (χ2n) is 3.08. The summed E-state index contributed by atoms with van der Waals surface area (Å²) >= 11 is 0.758. The van der Waals surface area contributed by atoms with E-state index in [1.165, 1.54) is 12.1 Å². The molecule has 0 radical (unpaired) electrons. The van der Waals surface area contributed by atoms with Crippen molar-refractivity contribution < 1.29 is 17.5 Å². The molecule has 1 atom stereocenters. The van der Waals surface area contributed by atoms with Gasteiger partial charge in [-0.25, -0.2) is 17.7 Å². The Morgan fingerprint density at radius 2 is 2.12 bits per heavy atom. The molecule has 0 aliphatic heterocycles. The zero-order valence-electron chi connectivity index (χ0n) is 8.17. The van der Waals surface area contributed by atoms with Gasteiger partial charge in [0, 0.05) is 6.54 Å². The molecule has 0 bridgehead atoms. The van der Waals surface area contributed by atoms with Crippen LogP contribution in [-0.2, 0) is 17.7 Å². The highest BCUT2D eigenvalue weighted by Gasteiger charge is 2.10. The molecule has 0 fully saturated rings. The lowest BCUT2D eigenvalue weighted by atomic mass is 10.1. The number of rotatable bonds is 5. The van der Waals surface area contributed by atoms with Crippen molar-refractivity contribution in [1.82, 2.24) is 4.72 Å². The van der Waals surface area contributed by atoms with E-state index in [2.05, 4.69) is 20.7 Å². The predicted molar refractivity (Wildman–Crippen MR) is 61.2 cm³/mol. The Hall–Kier alpha value is -0.370. The third kappa shape index (κ3) is 3.89. The van der Waals surface area contributed by atoms with E-state index in [0.29, 0.717) is 18.4 Å². The van der Waals surface area contributed by atoms with E-state index in [4.69, 9.17) is 4.55 Å². The fraction of sp³-hybridized carbons (Fsp3) is 0.333. The molecular formula is C9H10BrF2NO2S. The summed E-state index contributed by atoms with van der Waals surface area (Å²) in [7, 11) is 0. The number of aryl methyl sites for hydroxylation is 1. The van der Waals surface area contributed by atoms with Crippen LogP contribution in [0.1, 0.15) is 12.0 Å². The second kappa shape index (κ2) is 6.39. The van der Waals surface area contributed by atoms with E-state index in [9.17, 15) is 13.0 Å². The van der Waals surface area contributed by atoms with Gasteiger partial charge in [-0.2, -0.15) is 0 Å². The van der Waals surface area contributed by atoms with Crippen molar-refractivity contribution in [1.29, 1.82) is 0 Å². The molecular weight excluding hydrogens is 304 g/mol. The van der Waals surface area contributed by atoms with Gasteiger partial charge in [0.25, 0.3) is 0 Å². The fourth-order valence-corrected chi connectivity index (χ4v) is 1.90. The first-order valence-electron chi connectivity index (χ1n) is 4.49. The van der Waals surface area contributed by atoms with Crippen LogP contribution in [0.25, 0.3) is 0 Å². The van der Waals surface area contributed by atoms with E-state index < -0.39 is 22.9 Å². The van der Waals surface area contributed by atoms with Crippen molar-refractivity contribution in [3.8, 4) is 0 Å². The molecule has 0 heterocycles. The maximum atomic E-state index is 13.4. The van der Waals surface area contributed by atoms with Gasteiger partial charge >= 0.3 is 0 Å². The number of halogens is 3. The first kappa shape index (κ1) is 13.7. The second-order valence-corrected chi connectivity index (χ2v) is 4.66. The van der Waals surface area contributed by atoms with Gasteiger partial charge in [0.05, 0.1) is 4.47 Å². The summed E-state index contributed by atoms with van der Waals surface area (Å²) in [5.41, 5.74) is 0.374. The van der Waals surface area contributed by atoms with E-state index >= 15 is 0 Å². The molecule has 0 saturated carbocycles. The van der Waals surface area contributed by atoms with Crippen molar-refractivity contribution >= 4 is 27.2 Å². The first-order chi connectivity index (χ1) is 7.52. The first-order valence-corrected chi connectivity index (χ1v) is 6.39. The highest BCUT2D eigenvalue weighted by molar-refractivity contribution is 9.10. The number of hydrogen-bond donors (Lipinski definition) is 2. The average Bonchev–Trinajstić information content (AvgIpc) is 2.23. The molecule has 0 saturated heterocycles. The maximum Gasteiger partial charge on any atom is 0.231 e. The Labute approximate surface area is 103 Å². The molecule has 0 aromatic heterocycles. The van der Waals surface area contributed by atoms with Gasteiger partial charge in [-0.15, -0.1) is 0 Å². The molecule has 16 heavy (non-hydrogen) atoms. The molecule has 1 aromatic rings. The molecule has 0 aliphatic rings. The minimum absolute atomic E-state index is 0.177. The van der Waals surface area contributed by atoms with Gasteiger partial charge in [0.1, 0.15) is 11.6 Å². The average molecular weight is 314 g/mol. The highest BCUT2D eigenvalue weighted by Crippen LogP contribution is 2.23. The molecule has 0 amide bonds. The van der Waals surface area contributed by atoms with E-state index in [1.807, 2.05) is 0 Å². The van der Waals surface area contributed by atoms with Gasteiger partial charge < -0.3 is 0 Å². The maximum absolute atomic E-state index is 13.4. The molecule has 1 rings (SSSR count). The summed E-state index contributed by atoms with van der Waals surface area (Å²) in [6.07, 6.45) is 0.857. The van der Waals surface area contributed by atoms with Crippen LogP contribution in [0.2, 0.25) is 0 Å². The minimum Gasteiger partial charge on any atom is -0.294 e. The van der Waals surface area contributed by atoms with E-state index in [1.54, 1.807) is 0 Å². The largest absolute Gasteiger partial charge is 0.294 e. The molecule has 7 heteroatoms. The zero-order valence-corrected chi connectivity index (χ0v) is 10.6. The molecule has 3 nitrogen and oxygen atoms in total. The standard InChI is InChI=1S/C9H10BrF2NO2S/c10-8-7(11)4-3-6(9(8)12)2-1-5-13-16(14)15/h3-4,13H,1-2,5H2,(H,14,15). The Bertz CT molecular complexity index is 403. The van der Waals surface area contributed by atoms with E-state index in [0.717, 1.165) is 0 Å². The summed E-state index contributed by atoms with van der Waals surface area (Å²) in [6.45, 7) is 0.289. The third-order valence-corrected chi connectivity index (χ3v) is 3.14. The summed E-state index contributed by atoms with van der Waals surface area (Å²) in [5.74, 6) is -1.26. The van der Waals surface area contributed by atoms with Crippen LogP contribution in [-0.4, -0.2) is 15.3 Å². The lowest BCUT2D eigenvalue weighted by molar-refractivity contribution is 0.544. The van der Waals surface area contributed by atoms with Crippen LogP contribution in [0.4, 0.5) is 8.78 Å². The van der Waals surface area contributed by atoms with Crippen LogP contribution in [0.3, 0.4) is 0 Å². The van der Waals surface area contributed by atoms with E-state index in [-0.39, 0.29) is 11.0 Å². The molecule has 1 unspecified atom stereocenters. The predicted octanol–water partition coefficient (Wildman–Crippen LogP) is 2.39. The number of nitrogens with one attached hydrogen (secondary N) is 1. The van der Waals surface area contributed by atoms with Crippen LogP contribution in [0.15, 0.2) is 16.6 Å². The van der Waals surface area contributed by atoms with Gasteiger partial charge in [-0.3, -0.25) is 4.55 Å². The molecule has 90 valence electrons.